The fourth-order valence-corrected chi connectivity index (χ4v) is 11.3. The Bertz CT molecular complexity index is 3210. The summed E-state index contributed by atoms with van der Waals surface area (Å²) >= 11 is 8.69. The van der Waals surface area contributed by atoms with Crippen molar-refractivity contribution in [3.63, 3.8) is 0 Å². The van der Waals surface area contributed by atoms with Crippen molar-refractivity contribution >= 4 is 67.9 Å². The zero-order valence-electron chi connectivity index (χ0n) is 32.0. The molecule has 0 saturated carbocycles. The predicted octanol–water partition coefficient (Wildman–Crippen LogP) is 15.9. The number of rotatable bonds is 5. The van der Waals surface area contributed by atoms with Crippen molar-refractivity contribution < 1.29 is 4.42 Å². The van der Waals surface area contributed by atoms with Gasteiger partial charge in [-0.25, -0.2) is 0 Å². The number of fused-ring (bicyclic) bond motifs is 12. The molecule has 1 aliphatic heterocycles. The molecule has 8 aromatic carbocycles. The maximum absolute atomic E-state index is 6.85. The monoisotopic (exact) mass is 793 g/mol. The van der Waals surface area contributed by atoms with E-state index in [1.165, 1.54) is 54.3 Å². The lowest BCUT2D eigenvalue weighted by Gasteiger charge is -2.39. The summed E-state index contributed by atoms with van der Waals surface area (Å²) in [6, 6.07) is 64.0. The smallest absolute Gasteiger partial charge is 0.145 e. The molecule has 3 aliphatic rings. The molecule has 1 aromatic heterocycles. The first-order valence-corrected chi connectivity index (χ1v) is 21.4. The number of furan rings is 1. The summed E-state index contributed by atoms with van der Waals surface area (Å²) in [5.41, 5.74) is 17.1. The normalized spacial score (nSPS) is 16.1. The van der Waals surface area contributed by atoms with Crippen LogP contribution in [0.3, 0.4) is 0 Å². The lowest BCUT2D eigenvalue weighted by atomic mass is 9.67. The summed E-state index contributed by atoms with van der Waals surface area (Å²) in [5.74, 6) is 0. The summed E-state index contributed by atoms with van der Waals surface area (Å²) in [5, 5.41) is 2.99. The first-order chi connectivity index (χ1) is 29.2. The van der Waals surface area contributed by atoms with Crippen molar-refractivity contribution in [3.8, 4) is 22.3 Å². The van der Waals surface area contributed by atoms with E-state index in [4.69, 9.17) is 16.0 Å². The molecule has 12 rings (SSSR count). The maximum Gasteiger partial charge on any atom is 0.145 e. The quantitative estimate of drug-likeness (QED) is 0.173. The van der Waals surface area contributed by atoms with Crippen LogP contribution in [0.2, 0.25) is 5.02 Å². The van der Waals surface area contributed by atoms with Gasteiger partial charge >= 0.3 is 0 Å². The number of halogens is 1. The van der Waals surface area contributed by atoms with Crippen LogP contribution in [0.25, 0.3) is 49.8 Å². The van der Waals surface area contributed by atoms with Crippen molar-refractivity contribution in [3.05, 3.63) is 227 Å². The van der Waals surface area contributed by atoms with Gasteiger partial charge in [0.25, 0.3) is 0 Å². The largest absolute Gasteiger partial charge is 0.455 e. The second kappa shape index (κ2) is 13.5. The van der Waals surface area contributed by atoms with Crippen molar-refractivity contribution in [2.75, 3.05) is 4.90 Å². The average Bonchev–Trinajstić information content (AvgIpc) is 3.82. The SMILES string of the molecule is Clc1ccc2c(c1)C1(c3ccccc3S2)c2ccccc2-c2ccc(-c3ccc(N(c4ccccc4)c4ccc(C5=CC=CCC5)c5oc6ccccc6c45)cc3)cc21. The number of hydrogen-bond acceptors (Lipinski definition) is 3. The molecule has 1 unspecified atom stereocenters. The fraction of sp³-hybridized carbons (Fsp3) is 0.0545. The number of allylic oxidation sites excluding steroid dienone is 4. The second-order valence-corrected chi connectivity index (χ2v) is 17.1. The van der Waals surface area contributed by atoms with Gasteiger partial charge in [0.15, 0.2) is 0 Å². The third kappa shape index (κ3) is 5.21. The molecule has 2 nitrogen and oxygen atoms in total. The standard InChI is InChI=1S/C55H36ClNOS/c56-38-26-32-52-48(34-38)55(46-20-10-12-22-51(46)59-52)45-19-9-7-17-42(45)43-29-25-37(33-47(43)55)35-23-27-40(28-24-35)57(39-15-5-2-6-16-39)49-31-30-41(36-13-3-1-4-14-36)54-53(49)44-18-8-11-21-50(44)58-54/h1-3,5-13,15-34H,4,14H2. The van der Waals surface area contributed by atoms with Gasteiger partial charge in [-0.15, -0.1) is 0 Å². The second-order valence-electron chi connectivity index (χ2n) is 15.6. The summed E-state index contributed by atoms with van der Waals surface area (Å²) in [6.45, 7) is 0. The Kier molecular flexibility index (Phi) is 7.91. The van der Waals surface area contributed by atoms with Crippen LogP contribution in [0.5, 0.6) is 0 Å². The Morgan fingerprint density at radius 2 is 1.27 bits per heavy atom. The van der Waals surface area contributed by atoms with Crippen molar-refractivity contribution in [1.82, 2.24) is 0 Å². The number of nitrogens with zero attached hydrogens (tertiary/aromatic N) is 1. The third-order valence-electron chi connectivity index (χ3n) is 12.5. The average molecular weight is 794 g/mol. The van der Waals surface area contributed by atoms with Gasteiger partial charge in [0, 0.05) is 37.1 Å². The van der Waals surface area contributed by atoms with Gasteiger partial charge in [-0.1, -0.05) is 145 Å². The van der Waals surface area contributed by atoms with Crippen LogP contribution >= 0.6 is 23.4 Å². The van der Waals surface area contributed by atoms with Gasteiger partial charge in [0.05, 0.1) is 16.5 Å². The van der Waals surface area contributed by atoms with Crippen LogP contribution in [-0.2, 0) is 5.41 Å². The molecule has 1 atom stereocenters. The number of hydrogen-bond donors (Lipinski definition) is 0. The highest BCUT2D eigenvalue weighted by Crippen LogP contribution is 2.62. The van der Waals surface area contributed by atoms with E-state index in [0.717, 1.165) is 68.0 Å². The Morgan fingerprint density at radius 1 is 0.559 bits per heavy atom. The molecule has 2 aliphatic carbocycles. The molecule has 9 aromatic rings. The molecule has 280 valence electrons. The molecular weight excluding hydrogens is 758 g/mol. The minimum atomic E-state index is -0.497. The predicted molar refractivity (Wildman–Crippen MR) is 247 cm³/mol. The van der Waals surface area contributed by atoms with E-state index in [1.54, 1.807) is 0 Å². The molecule has 0 amide bonds. The molecule has 1 spiro atoms. The highest BCUT2D eigenvalue weighted by Gasteiger charge is 2.50. The highest BCUT2D eigenvalue weighted by molar-refractivity contribution is 7.99. The number of benzene rings is 8. The summed E-state index contributed by atoms with van der Waals surface area (Å²) < 4.78 is 6.73. The summed E-state index contributed by atoms with van der Waals surface area (Å²) in [4.78, 5) is 4.89. The van der Waals surface area contributed by atoms with E-state index < -0.39 is 5.41 Å². The van der Waals surface area contributed by atoms with Gasteiger partial charge in [0.2, 0.25) is 0 Å². The van der Waals surface area contributed by atoms with E-state index in [-0.39, 0.29) is 0 Å². The van der Waals surface area contributed by atoms with E-state index in [0.29, 0.717) is 0 Å². The molecule has 0 bridgehead atoms. The van der Waals surface area contributed by atoms with Crippen molar-refractivity contribution in [2.24, 2.45) is 0 Å². The third-order valence-corrected chi connectivity index (χ3v) is 13.9. The lowest BCUT2D eigenvalue weighted by molar-refractivity contribution is 0.667. The summed E-state index contributed by atoms with van der Waals surface area (Å²) in [7, 11) is 0. The first-order valence-electron chi connectivity index (χ1n) is 20.2. The molecule has 4 heteroatoms. The van der Waals surface area contributed by atoms with Crippen LogP contribution < -0.4 is 4.90 Å². The first kappa shape index (κ1) is 34.5. The zero-order valence-corrected chi connectivity index (χ0v) is 33.6. The molecule has 0 fully saturated rings. The Hall–Kier alpha value is -6.52. The van der Waals surface area contributed by atoms with E-state index in [1.807, 2.05) is 17.8 Å². The van der Waals surface area contributed by atoms with Gasteiger partial charge in [-0.2, -0.15) is 0 Å². The molecule has 2 heterocycles. The molecular formula is C55H36ClNOS. The topological polar surface area (TPSA) is 16.4 Å². The summed E-state index contributed by atoms with van der Waals surface area (Å²) in [6.07, 6.45) is 8.66. The van der Waals surface area contributed by atoms with Crippen molar-refractivity contribution in [1.29, 1.82) is 0 Å². The molecule has 0 N–H and O–H groups in total. The van der Waals surface area contributed by atoms with Crippen LogP contribution in [0.1, 0.15) is 40.7 Å². The van der Waals surface area contributed by atoms with Crippen LogP contribution in [0.15, 0.2) is 208 Å². The Balaban J connectivity index is 1.02. The number of anilines is 3. The van der Waals surface area contributed by atoms with Crippen LogP contribution in [0.4, 0.5) is 17.1 Å². The minimum Gasteiger partial charge on any atom is -0.455 e. The fourth-order valence-electron chi connectivity index (χ4n) is 9.94. The molecule has 0 saturated heterocycles. The number of para-hydroxylation sites is 2. The van der Waals surface area contributed by atoms with Gasteiger partial charge < -0.3 is 9.32 Å². The lowest BCUT2D eigenvalue weighted by Crippen LogP contribution is -2.32. The van der Waals surface area contributed by atoms with E-state index in [2.05, 4.69) is 193 Å². The van der Waals surface area contributed by atoms with Crippen LogP contribution in [0, 0.1) is 0 Å². The van der Waals surface area contributed by atoms with Gasteiger partial charge in [0.1, 0.15) is 11.2 Å². The molecule has 0 radical (unpaired) electrons. The highest BCUT2D eigenvalue weighted by atomic mass is 35.5. The van der Waals surface area contributed by atoms with Crippen LogP contribution in [-0.4, -0.2) is 0 Å². The van der Waals surface area contributed by atoms with E-state index >= 15 is 0 Å². The van der Waals surface area contributed by atoms with Gasteiger partial charge in [-0.3, -0.25) is 0 Å². The molecule has 59 heavy (non-hydrogen) atoms. The van der Waals surface area contributed by atoms with Gasteiger partial charge in [-0.05, 0) is 136 Å². The minimum absolute atomic E-state index is 0.497. The Morgan fingerprint density at radius 3 is 2.14 bits per heavy atom. The van der Waals surface area contributed by atoms with Crippen molar-refractivity contribution in [2.45, 2.75) is 28.0 Å². The maximum atomic E-state index is 6.85. The zero-order chi connectivity index (χ0) is 39.1. The van der Waals surface area contributed by atoms with E-state index in [9.17, 15) is 0 Å². The Labute approximate surface area is 352 Å².